The highest BCUT2D eigenvalue weighted by atomic mass is 32.2. The number of piperazine rings is 1. The maximum atomic E-state index is 12.7. The summed E-state index contributed by atoms with van der Waals surface area (Å²) in [4.78, 5) is 26.5. The van der Waals surface area contributed by atoms with Gasteiger partial charge in [0.25, 0.3) is 0 Å². The molecule has 1 heterocycles. The van der Waals surface area contributed by atoms with Gasteiger partial charge in [0.1, 0.15) is 11.6 Å². The van der Waals surface area contributed by atoms with Crippen molar-refractivity contribution in [2.24, 2.45) is 5.92 Å². The summed E-state index contributed by atoms with van der Waals surface area (Å²) in [5.74, 6) is 0.519. The highest BCUT2D eigenvalue weighted by Gasteiger charge is 2.55. The van der Waals surface area contributed by atoms with Crippen molar-refractivity contribution in [3.63, 3.8) is 0 Å². The third kappa shape index (κ3) is 2.55. The standard InChI is InChI=1S/C13H22N2O3S/c1-8(7-19(4)18)15-9(2)11(16)14-13(3,12(15)17)10-5-6-10/h8-10H,5-7H2,1-4H3,(H,14,16). The Kier molecular flexibility index (Phi) is 3.73. The number of hydrogen-bond acceptors (Lipinski definition) is 3. The summed E-state index contributed by atoms with van der Waals surface area (Å²) in [6.07, 6.45) is 3.59. The molecule has 4 atom stereocenters. The Morgan fingerprint density at radius 3 is 2.53 bits per heavy atom. The van der Waals surface area contributed by atoms with E-state index in [0.717, 1.165) is 12.8 Å². The van der Waals surface area contributed by atoms with E-state index in [4.69, 9.17) is 0 Å². The molecule has 19 heavy (non-hydrogen) atoms. The van der Waals surface area contributed by atoms with E-state index in [1.807, 2.05) is 13.8 Å². The second-order valence-electron chi connectivity index (χ2n) is 5.94. The van der Waals surface area contributed by atoms with E-state index >= 15 is 0 Å². The number of hydrogen-bond donors (Lipinski definition) is 1. The van der Waals surface area contributed by atoms with Crippen molar-refractivity contribution in [3.05, 3.63) is 0 Å². The Morgan fingerprint density at radius 1 is 1.47 bits per heavy atom. The summed E-state index contributed by atoms with van der Waals surface area (Å²) >= 11 is 0. The van der Waals surface area contributed by atoms with Gasteiger partial charge in [-0.3, -0.25) is 13.8 Å². The number of carbonyl (C=O) groups is 2. The lowest BCUT2D eigenvalue weighted by Gasteiger charge is -2.46. The minimum atomic E-state index is -0.984. The third-order valence-corrected chi connectivity index (χ3v) is 5.15. The number of nitrogens with zero attached hydrogens (tertiary/aromatic N) is 1. The SMILES string of the molecule is CC(CS(C)=O)N1C(=O)C(C)(C2CC2)NC(=O)C1C. The lowest BCUT2D eigenvalue weighted by molar-refractivity contribution is -0.156. The number of carbonyl (C=O) groups excluding carboxylic acids is 2. The molecule has 0 aromatic heterocycles. The minimum absolute atomic E-state index is 0.0277. The molecule has 108 valence electrons. The summed E-state index contributed by atoms with van der Waals surface area (Å²) in [6, 6.07) is -0.671. The molecule has 1 saturated carbocycles. The van der Waals surface area contributed by atoms with Crippen LogP contribution in [0.25, 0.3) is 0 Å². The Labute approximate surface area is 116 Å². The van der Waals surface area contributed by atoms with Crippen LogP contribution >= 0.6 is 0 Å². The second kappa shape index (κ2) is 4.89. The average Bonchev–Trinajstić information content (AvgIpc) is 3.09. The zero-order chi connectivity index (χ0) is 14.4. The first-order valence-corrected chi connectivity index (χ1v) is 8.45. The van der Waals surface area contributed by atoms with Gasteiger partial charge in [-0.05, 0) is 39.5 Å². The normalized spacial score (nSPS) is 34.9. The van der Waals surface area contributed by atoms with Crippen molar-refractivity contribution in [1.82, 2.24) is 10.2 Å². The zero-order valence-corrected chi connectivity index (χ0v) is 12.8. The van der Waals surface area contributed by atoms with Crippen molar-refractivity contribution >= 4 is 22.6 Å². The van der Waals surface area contributed by atoms with Crippen LogP contribution in [-0.4, -0.2) is 50.6 Å². The van der Waals surface area contributed by atoms with Crippen LogP contribution in [0.5, 0.6) is 0 Å². The first-order chi connectivity index (χ1) is 8.77. The van der Waals surface area contributed by atoms with Crippen molar-refractivity contribution < 1.29 is 13.8 Å². The van der Waals surface area contributed by atoms with Crippen molar-refractivity contribution in [3.8, 4) is 0 Å². The Hall–Kier alpha value is -0.910. The smallest absolute Gasteiger partial charge is 0.249 e. The molecule has 0 spiro atoms. The molecule has 5 nitrogen and oxygen atoms in total. The van der Waals surface area contributed by atoms with E-state index in [1.165, 1.54) is 0 Å². The fourth-order valence-corrected chi connectivity index (χ4v) is 3.76. The van der Waals surface area contributed by atoms with Gasteiger partial charge in [-0.2, -0.15) is 0 Å². The van der Waals surface area contributed by atoms with Crippen LogP contribution < -0.4 is 5.32 Å². The lowest BCUT2D eigenvalue weighted by Crippen LogP contribution is -2.71. The molecule has 2 aliphatic rings. The second-order valence-corrected chi connectivity index (χ2v) is 7.42. The average molecular weight is 286 g/mol. The molecule has 0 aromatic carbocycles. The van der Waals surface area contributed by atoms with Crippen LogP contribution in [0.1, 0.15) is 33.6 Å². The molecule has 0 bridgehead atoms. The molecule has 2 rings (SSSR count). The van der Waals surface area contributed by atoms with E-state index in [9.17, 15) is 13.8 Å². The highest BCUT2D eigenvalue weighted by molar-refractivity contribution is 7.84. The molecule has 1 saturated heterocycles. The minimum Gasteiger partial charge on any atom is -0.340 e. The molecule has 1 aliphatic heterocycles. The van der Waals surface area contributed by atoms with Crippen LogP contribution in [0, 0.1) is 5.92 Å². The molecule has 4 unspecified atom stereocenters. The van der Waals surface area contributed by atoms with Crippen LogP contribution in [0.4, 0.5) is 0 Å². The van der Waals surface area contributed by atoms with Gasteiger partial charge >= 0.3 is 0 Å². The first kappa shape index (κ1) is 14.5. The number of rotatable bonds is 4. The summed E-state index contributed by atoms with van der Waals surface area (Å²) in [6.45, 7) is 5.41. The molecule has 1 N–H and O–H groups in total. The Morgan fingerprint density at radius 2 is 2.05 bits per heavy atom. The molecule has 1 aliphatic carbocycles. The third-order valence-electron chi connectivity index (χ3n) is 4.20. The topological polar surface area (TPSA) is 66.5 Å². The first-order valence-electron chi connectivity index (χ1n) is 6.72. The highest BCUT2D eigenvalue weighted by Crippen LogP contribution is 2.42. The zero-order valence-electron chi connectivity index (χ0n) is 11.9. The molecular weight excluding hydrogens is 264 g/mol. The van der Waals surface area contributed by atoms with E-state index in [0.29, 0.717) is 5.75 Å². The summed E-state index contributed by atoms with van der Waals surface area (Å²) in [7, 11) is -0.984. The maximum absolute atomic E-state index is 12.7. The summed E-state index contributed by atoms with van der Waals surface area (Å²) in [5.41, 5.74) is -0.771. The van der Waals surface area contributed by atoms with Gasteiger partial charge in [-0.15, -0.1) is 0 Å². The van der Waals surface area contributed by atoms with Gasteiger partial charge in [0.05, 0.1) is 0 Å². The van der Waals surface area contributed by atoms with Crippen molar-refractivity contribution in [2.45, 2.75) is 51.2 Å². The number of nitrogens with one attached hydrogen (secondary N) is 1. The van der Waals surface area contributed by atoms with E-state index in [-0.39, 0.29) is 23.8 Å². The lowest BCUT2D eigenvalue weighted by atomic mass is 9.89. The fraction of sp³-hybridized carbons (Fsp3) is 0.846. The Balaban J connectivity index is 2.26. The van der Waals surface area contributed by atoms with Gasteiger partial charge in [-0.1, -0.05) is 0 Å². The molecule has 6 heteroatoms. The fourth-order valence-electron chi connectivity index (χ4n) is 2.92. The largest absolute Gasteiger partial charge is 0.340 e. The molecule has 0 radical (unpaired) electrons. The van der Waals surface area contributed by atoms with Gasteiger partial charge < -0.3 is 10.2 Å². The van der Waals surface area contributed by atoms with Crippen LogP contribution in [0.2, 0.25) is 0 Å². The molecule has 0 aromatic rings. The summed E-state index contributed by atoms with van der Waals surface area (Å²) < 4.78 is 11.4. The maximum Gasteiger partial charge on any atom is 0.249 e. The van der Waals surface area contributed by atoms with Gasteiger partial charge in [0.15, 0.2) is 0 Å². The van der Waals surface area contributed by atoms with Crippen LogP contribution in [0.15, 0.2) is 0 Å². The van der Waals surface area contributed by atoms with E-state index in [2.05, 4.69) is 5.32 Å². The van der Waals surface area contributed by atoms with Crippen LogP contribution in [0.3, 0.4) is 0 Å². The van der Waals surface area contributed by atoms with Crippen LogP contribution in [-0.2, 0) is 20.4 Å². The van der Waals surface area contributed by atoms with Gasteiger partial charge in [-0.25, -0.2) is 0 Å². The van der Waals surface area contributed by atoms with Gasteiger partial charge in [0.2, 0.25) is 11.8 Å². The quantitative estimate of drug-likeness (QED) is 0.806. The molecule has 2 fully saturated rings. The summed E-state index contributed by atoms with van der Waals surface area (Å²) in [5, 5.41) is 2.89. The van der Waals surface area contributed by atoms with Crippen molar-refractivity contribution in [1.29, 1.82) is 0 Å². The monoisotopic (exact) mass is 286 g/mol. The predicted molar refractivity (Wildman–Crippen MR) is 74.0 cm³/mol. The van der Waals surface area contributed by atoms with Crippen molar-refractivity contribution in [2.75, 3.05) is 12.0 Å². The number of amides is 2. The van der Waals surface area contributed by atoms with Gasteiger partial charge in [0, 0.05) is 28.9 Å². The Bertz CT molecular complexity index is 436. The van der Waals surface area contributed by atoms with E-state index in [1.54, 1.807) is 18.1 Å². The van der Waals surface area contributed by atoms with E-state index < -0.39 is 22.4 Å². The predicted octanol–water partition coefficient (Wildman–Crippen LogP) is 0.269. The molecule has 2 amide bonds. The molecular formula is C13H22N2O3S.